The van der Waals surface area contributed by atoms with Gasteiger partial charge in [-0.3, -0.25) is 0 Å². The number of thioether (sulfide) groups is 1. The Hall–Kier alpha value is -3.09. The van der Waals surface area contributed by atoms with Gasteiger partial charge >= 0.3 is 0 Å². The standard InChI is InChI=1S/C27H37N7O3S2/c1-19(2)39(35,36)25-8-6-5-7-23(25)32-27-30-18-29-26(33-27)31-22-10-9-21(17-24(22)37-3)34-14-11-20(12-15-34)28-13-16-38-4/h5-10,17-20,28H,11-16H2,1-4H3,(H2,29,30,31,32,33). The topological polar surface area (TPSA) is 121 Å². The SMILES string of the molecule is COc1cc(N2CCC(NCCSC)CC2)ccc1Nc1ncnc(Nc2ccccc2S(=O)(=O)C(C)C)n1. The van der Waals surface area contributed by atoms with E-state index in [4.69, 9.17) is 4.74 Å². The average Bonchev–Trinajstić information content (AvgIpc) is 2.94. The fourth-order valence-corrected chi connectivity index (χ4v) is 5.94. The summed E-state index contributed by atoms with van der Waals surface area (Å²) in [5.74, 6) is 2.34. The Morgan fingerprint density at radius 2 is 1.74 bits per heavy atom. The van der Waals surface area contributed by atoms with Gasteiger partial charge < -0.3 is 25.6 Å². The van der Waals surface area contributed by atoms with Gasteiger partial charge in [-0.2, -0.15) is 16.7 Å². The maximum atomic E-state index is 12.8. The van der Waals surface area contributed by atoms with E-state index in [1.165, 1.54) is 6.33 Å². The second-order valence-electron chi connectivity index (χ2n) is 9.57. The number of nitrogens with zero attached hydrogens (tertiary/aromatic N) is 4. The van der Waals surface area contributed by atoms with Crippen LogP contribution in [0.25, 0.3) is 0 Å². The number of para-hydroxylation sites is 1. The maximum Gasteiger partial charge on any atom is 0.232 e. The third-order valence-corrected chi connectivity index (χ3v) is 9.49. The Labute approximate surface area is 235 Å². The van der Waals surface area contributed by atoms with Crippen molar-refractivity contribution in [3.63, 3.8) is 0 Å². The summed E-state index contributed by atoms with van der Waals surface area (Å²) in [5.41, 5.74) is 2.24. The lowest BCUT2D eigenvalue weighted by atomic mass is 10.0. The third kappa shape index (κ3) is 7.31. The molecule has 3 N–H and O–H groups in total. The van der Waals surface area contributed by atoms with Crippen LogP contribution in [0.1, 0.15) is 26.7 Å². The van der Waals surface area contributed by atoms with Crippen LogP contribution in [-0.2, 0) is 9.84 Å². The quantitative estimate of drug-likeness (QED) is 0.267. The van der Waals surface area contributed by atoms with Gasteiger partial charge in [0.2, 0.25) is 11.9 Å². The highest BCUT2D eigenvalue weighted by Crippen LogP contribution is 2.33. The van der Waals surface area contributed by atoms with Crippen molar-refractivity contribution in [3.8, 4) is 5.75 Å². The number of hydrogen-bond donors (Lipinski definition) is 3. The summed E-state index contributed by atoms with van der Waals surface area (Å²) in [6.45, 7) is 6.34. The Balaban J connectivity index is 1.45. The van der Waals surface area contributed by atoms with Crippen LogP contribution < -0.4 is 25.6 Å². The smallest absolute Gasteiger partial charge is 0.232 e. The number of benzene rings is 2. The number of nitrogens with one attached hydrogen (secondary N) is 3. The fourth-order valence-electron chi connectivity index (χ4n) is 4.42. The molecule has 0 unspecified atom stereocenters. The Morgan fingerprint density at radius 1 is 1.05 bits per heavy atom. The van der Waals surface area contributed by atoms with Crippen molar-refractivity contribution in [1.29, 1.82) is 0 Å². The minimum absolute atomic E-state index is 0.201. The Bertz CT molecular complexity index is 1350. The van der Waals surface area contributed by atoms with Gasteiger partial charge in [0.05, 0.1) is 28.6 Å². The molecule has 0 aliphatic carbocycles. The zero-order valence-electron chi connectivity index (χ0n) is 22.8. The Kier molecular flexibility index (Phi) is 9.87. The molecule has 1 fully saturated rings. The second kappa shape index (κ2) is 13.3. The minimum atomic E-state index is -3.49. The predicted octanol–water partition coefficient (Wildman–Crippen LogP) is 4.47. The summed E-state index contributed by atoms with van der Waals surface area (Å²) in [6.07, 6.45) is 5.72. The molecule has 210 valence electrons. The van der Waals surface area contributed by atoms with E-state index in [2.05, 4.69) is 48.1 Å². The lowest BCUT2D eigenvalue weighted by molar-refractivity contribution is 0.414. The molecule has 4 rings (SSSR count). The molecule has 1 aliphatic heterocycles. The van der Waals surface area contributed by atoms with Crippen LogP contribution in [0.2, 0.25) is 0 Å². The molecular formula is C27H37N7O3S2. The van der Waals surface area contributed by atoms with Crippen LogP contribution in [0.3, 0.4) is 0 Å². The van der Waals surface area contributed by atoms with E-state index in [-0.39, 0.29) is 10.8 Å². The molecule has 3 aromatic rings. The summed E-state index contributed by atoms with van der Waals surface area (Å²) < 4.78 is 31.3. The van der Waals surface area contributed by atoms with Gasteiger partial charge in [-0.1, -0.05) is 12.1 Å². The molecule has 1 aromatic heterocycles. The summed E-state index contributed by atoms with van der Waals surface area (Å²) in [7, 11) is -1.85. The molecule has 0 bridgehead atoms. The minimum Gasteiger partial charge on any atom is -0.494 e. The molecule has 1 saturated heterocycles. The van der Waals surface area contributed by atoms with E-state index in [0.717, 1.165) is 49.6 Å². The highest BCUT2D eigenvalue weighted by molar-refractivity contribution is 7.98. The van der Waals surface area contributed by atoms with Gasteiger partial charge in [-0.05, 0) is 57.2 Å². The van der Waals surface area contributed by atoms with Crippen molar-refractivity contribution in [2.75, 3.05) is 54.3 Å². The zero-order valence-corrected chi connectivity index (χ0v) is 24.5. The van der Waals surface area contributed by atoms with Crippen molar-refractivity contribution in [2.24, 2.45) is 0 Å². The van der Waals surface area contributed by atoms with Crippen molar-refractivity contribution in [1.82, 2.24) is 20.3 Å². The summed E-state index contributed by atoms with van der Waals surface area (Å²) in [5, 5.41) is 9.33. The molecule has 0 saturated carbocycles. The van der Waals surface area contributed by atoms with E-state index < -0.39 is 15.1 Å². The van der Waals surface area contributed by atoms with Crippen LogP contribution in [-0.4, -0.2) is 73.4 Å². The monoisotopic (exact) mass is 571 g/mol. The van der Waals surface area contributed by atoms with Crippen LogP contribution in [0.5, 0.6) is 5.75 Å². The molecule has 1 aliphatic rings. The van der Waals surface area contributed by atoms with Gasteiger partial charge in [-0.25, -0.2) is 18.4 Å². The molecule has 10 nitrogen and oxygen atoms in total. The lowest BCUT2D eigenvalue weighted by Crippen LogP contribution is -2.43. The molecule has 0 radical (unpaired) electrons. The molecular weight excluding hydrogens is 534 g/mol. The molecule has 0 amide bonds. The van der Waals surface area contributed by atoms with E-state index in [9.17, 15) is 8.42 Å². The predicted molar refractivity (Wildman–Crippen MR) is 160 cm³/mol. The summed E-state index contributed by atoms with van der Waals surface area (Å²) in [4.78, 5) is 15.4. The van der Waals surface area contributed by atoms with Gasteiger partial charge in [0.25, 0.3) is 0 Å². The number of rotatable bonds is 12. The van der Waals surface area contributed by atoms with Crippen molar-refractivity contribution < 1.29 is 13.2 Å². The number of piperidine rings is 1. The summed E-state index contributed by atoms with van der Waals surface area (Å²) in [6, 6.07) is 13.4. The largest absolute Gasteiger partial charge is 0.494 e. The van der Waals surface area contributed by atoms with Gasteiger partial charge in [-0.15, -0.1) is 0 Å². The second-order valence-corrected chi connectivity index (χ2v) is 13.0. The summed E-state index contributed by atoms with van der Waals surface area (Å²) >= 11 is 1.87. The maximum absolute atomic E-state index is 12.8. The number of anilines is 5. The van der Waals surface area contributed by atoms with E-state index in [0.29, 0.717) is 23.4 Å². The lowest BCUT2D eigenvalue weighted by Gasteiger charge is -2.34. The van der Waals surface area contributed by atoms with Gasteiger partial charge in [0.15, 0.2) is 9.84 Å². The van der Waals surface area contributed by atoms with Crippen LogP contribution >= 0.6 is 11.8 Å². The van der Waals surface area contributed by atoms with Gasteiger partial charge in [0, 0.05) is 43.2 Å². The van der Waals surface area contributed by atoms with E-state index in [1.807, 2.05) is 23.9 Å². The average molecular weight is 572 g/mol. The molecule has 12 heteroatoms. The van der Waals surface area contributed by atoms with Gasteiger partial charge in [0.1, 0.15) is 12.1 Å². The molecule has 0 spiro atoms. The number of hydrogen-bond acceptors (Lipinski definition) is 11. The number of ether oxygens (including phenoxy) is 1. The van der Waals surface area contributed by atoms with Crippen LogP contribution in [0.15, 0.2) is 53.7 Å². The Morgan fingerprint density at radius 3 is 2.41 bits per heavy atom. The van der Waals surface area contributed by atoms with Crippen LogP contribution in [0.4, 0.5) is 29.0 Å². The molecule has 0 atom stereocenters. The third-order valence-electron chi connectivity index (χ3n) is 6.66. The van der Waals surface area contributed by atoms with E-state index >= 15 is 0 Å². The normalized spacial score (nSPS) is 14.4. The van der Waals surface area contributed by atoms with Crippen LogP contribution in [0, 0.1) is 0 Å². The first-order valence-electron chi connectivity index (χ1n) is 13.0. The molecule has 39 heavy (non-hydrogen) atoms. The highest BCUT2D eigenvalue weighted by Gasteiger charge is 2.23. The van der Waals surface area contributed by atoms with Crippen molar-refractivity contribution in [2.45, 2.75) is 42.9 Å². The first kappa shape index (κ1) is 28.9. The highest BCUT2D eigenvalue weighted by atomic mass is 32.2. The number of sulfone groups is 1. The fraction of sp³-hybridized carbons (Fsp3) is 0.444. The number of aromatic nitrogens is 3. The molecule has 2 aromatic carbocycles. The number of methoxy groups -OCH3 is 1. The first-order chi connectivity index (χ1) is 18.8. The first-order valence-corrected chi connectivity index (χ1v) is 16.0. The van der Waals surface area contributed by atoms with E-state index in [1.54, 1.807) is 45.2 Å². The van der Waals surface area contributed by atoms with Crippen molar-refractivity contribution >= 4 is 50.6 Å². The molecule has 2 heterocycles. The van der Waals surface area contributed by atoms with Crippen molar-refractivity contribution in [3.05, 3.63) is 48.8 Å². The zero-order chi connectivity index (χ0) is 27.8.